The van der Waals surface area contributed by atoms with Gasteiger partial charge in [-0.1, -0.05) is 11.3 Å². The summed E-state index contributed by atoms with van der Waals surface area (Å²) in [6.07, 6.45) is 0. The molecule has 1 aromatic heterocycles. The minimum absolute atomic E-state index is 0.648. The second kappa shape index (κ2) is 5.05. The van der Waals surface area contributed by atoms with E-state index in [0.29, 0.717) is 16.7 Å². The van der Waals surface area contributed by atoms with E-state index in [2.05, 4.69) is 4.98 Å². The highest BCUT2D eigenvalue weighted by Crippen LogP contribution is 2.33. The third-order valence-electron chi connectivity index (χ3n) is 2.34. The molecule has 5 heteroatoms. The van der Waals surface area contributed by atoms with Crippen LogP contribution in [0.15, 0.2) is 23.6 Å². The van der Waals surface area contributed by atoms with Crippen LogP contribution in [0.1, 0.15) is 0 Å². The standard InChI is InChI=1S/C12H13NO3S/c1-14-10-5-4-8(6-11(10)15-2)9-7-17-12(13-9)16-3/h4-7H,1-3H3. The monoisotopic (exact) mass is 251 g/mol. The first-order chi connectivity index (χ1) is 8.28. The van der Waals surface area contributed by atoms with E-state index in [0.717, 1.165) is 11.3 Å². The normalized spacial score (nSPS) is 10.1. The molecule has 0 fully saturated rings. The molecule has 2 aromatic rings. The van der Waals surface area contributed by atoms with E-state index in [1.54, 1.807) is 21.3 Å². The lowest BCUT2D eigenvalue weighted by molar-refractivity contribution is 0.355. The van der Waals surface area contributed by atoms with E-state index in [1.807, 2.05) is 23.6 Å². The van der Waals surface area contributed by atoms with Crippen molar-refractivity contribution in [2.75, 3.05) is 21.3 Å². The van der Waals surface area contributed by atoms with Crippen molar-refractivity contribution in [3.05, 3.63) is 23.6 Å². The molecule has 0 aliphatic rings. The Morgan fingerprint density at radius 1 is 1.00 bits per heavy atom. The maximum absolute atomic E-state index is 5.25. The summed E-state index contributed by atoms with van der Waals surface area (Å²) in [4.78, 5) is 4.33. The number of rotatable bonds is 4. The molecule has 17 heavy (non-hydrogen) atoms. The van der Waals surface area contributed by atoms with Gasteiger partial charge in [0.15, 0.2) is 11.5 Å². The summed E-state index contributed by atoms with van der Waals surface area (Å²) in [6, 6.07) is 5.70. The summed E-state index contributed by atoms with van der Waals surface area (Å²) in [5.74, 6) is 1.40. The molecule has 1 aromatic carbocycles. The van der Waals surface area contributed by atoms with Gasteiger partial charge >= 0.3 is 0 Å². The number of hydrogen-bond donors (Lipinski definition) is 0. The molecule has 0 radical (unpaired) electrons. The highest BCUT2D eigenvalue weighted by atomic mass is 32.1. The van der Waals surface area contributed by atoms with Crippen molar-refractivity contribution in [1.82, 2.24) is 4.98 Å². The summed E-state index contributed by atoms with van der Waals surface area (Å²) >= 11 is 1.46. The third-order valence-corrected chi connectivity index (χ3v) is 3.14. The van der Waals surface area contributed by atoms with Crippen molar-refractivity contribution in [2.24, 2.45) is 0 Å². The fourth-order valence-electron chi connectivity index (χ4n) is 1.48. The van der Waals surface area contributed by atoms with E-state index in [9.17, 15) is 0 Å². The average molecular weight is 251 g/mol. The molecule has 0 saturated carbocycles. The van der Waals surface area contributed by atoms with E-state index in [1.165, 1.54) is 11.3 Å². The Hall–Kier alpha value is -1.75. The summed E-state index contributed by atoms with van der Waals surface area (Å²) in [6.45, 7) is 0. The predicted octanol–water partition coefficient (Wildman–Crippen LogP) is 2.84. The molecule has 0 aliphatic heterocycles. The lowest BCUT2D eigenvalue weighted by Crippen LogP contribution is -1.91. The third kappa shape index (κ3) is 2.34. The summed E-state index contributed by atoms with van der Waals surface area (Å²) in [5.41, 5.74) is 1.84. The number of hydrogen-bond acceptors (Lipinski definition) is 5. The SMILES string of the molecule is COc1nc(-c2ccc(OC)c(OC)c2)cs1. The molecule has 0 spiro atoms. The molecule has 0 aliphatic carbocycles. The number of benzene rings is 1. The molecule has 0 unspecified atom stereocenters. The molecular weight excluding hydrogens is 238 g/mol. The highest BCUT2D eigenvalue weighted by Gasteiger charge is 2.09. The van der Waals surface area contributed by atoms with Crippen LogP contribution < -0.4 is 14.2 Å². The van der Waals surface area contributed by atoms with Gasteiger partial charge < -0.3 is 14.2 Å². The Morgan fingerprint density at radius 3 is 2.35 bits per heavy atom. The minimum atomic E-state index is 0.648. The average Bonchev–Trinajstić information content (AvgIpc) is 2.86. The van der Waals surface area contributed by atoms with Gasteiger partial charge in [0.05, 0.1) is 27.0 Å². The van der Waals surface area contributed by atoms with Crippen molar-refractivity contribution in [1.29, 1.82) is 0 Å². The fourth-order valence-corrected chi connectivity index (χ4v) is 2.13. The van der Waals surface area contributed by atoms with Crippen molar-refractivity contribution in [3.63, 3.8) is 0 Å². The molecule has 90 valence electrons. The quantitative estimate of drug-likeness (QED) is 0.837. The Morgan fingerprint density at radius 2 is 1.76 bits per heavy atom. The number of thiazole rings is 1. The molecule has 4 nitrogen and oxygen atoms in total. The van der Waals surface area contributed by atoms with Gasteiger partial charge in [-0.2, -0.15) is 0 Å². The van der Waals surface area contributed by atoms with Gasteiger partial charge in [-0.3, -0.25) is 0 Å². The van der Waals surface area contributed by atoms with Crippen LogP contribution in [0.4, 0.5) is 0 Å². The maximum atomic E-state index is 5.25. The summed E-state index contributed by atoms with van der Waals surface area (Å²) < 4.78 is 15.5. The van der Waals surface area contributed by atoms with Gasteiger partial charge in [-0.25, -0.2) is 4.98 Å². The molecule has 1 heterocycles. The zero-order chi connectivity index (χ0) is 12.3. The molecule has 0 saturated heterocycles. The Balaban J connectivity index is 2.38. The van der Waals surface area contributed by atoms with Gasteiger partial charge in [0.1, 0.15) is 0 Å². The Kier molecular flexibility index (Phi) is 3.49. The van der Waals surface area contributed by atoms with Gasteiger partial charge in [-0.05, 0) is 18.2 Å². The number of methoxy groups -OCH3 is 3. The zero-order valence-corrected chi connectivity index (χ0v) is 10.7. The van der Waals surface area contributed by atoms with Gasteiger partial charge in [0, 0.05) is 10.9 Å². The van der Waals surface area contributed by atoms with Crippen LogP contribution >= 0.6 is 11.3 Å². The van der Waals surface area contributed by atoms with Crippen LogP contribution in [-0.4, -0.2) is 26.3 Å². The molecule has 2 rings (SSSR count). The van der Waals surface area contributed by atoms with Gasteiger partial charge in [-0.15, -0.1) is 0 Å². The van der Waals surface area contributed by atoms with Crippen molar-refractivity contribution in [3.8, 4) is 28.0 Å². The Bertz CT molecular complexity index is 510. The predicted molar refractivity (Wildman–Crippen MR) is 67.2 cm³/mol. The topological polar surface area (TPSA) is 40.6 Å². The number of ether oxygens (including phenoxy) is 3. The van der Waals surface area contributed by atoms with Crippen LogP contribution in [0.3, 0.4) is 0 Å². The first-order valence-electron chi connectivity index (χ1n) is 5.00. The molecule has 0 amide bonds. The van der Waals surface area contributed by atoms with E-state index in [4.69, 9.17) is 14.2 Å². The van der Waals surface area contributed by atoms with E-state index >= 15 is 0 Å². The van der Waals surface area contributed by atoms with E-state index < -0.39 is 0 Å². The largest absolute Gasteiger partial charge is 0.493 e. The van der Waals surface area contributed by atoms with Crippen molar-refractivity contribution in [2.45, 2.75) is 0 Å². The lowest BCUT2D eigenvalue weighted by atomic mass is 10.1. The lowest BCUT2D eigenvalue weighted by Gasteiger charge is -2.08. The van der Waals surface area contributed by atoms with E-state index in [-0.39, 0.29) is 0 Å². The second-order valence-electron chi connectivity index (χ2n) is 3.27. The van der Waals surface area contributed by atoms with Crippen LogP contribution in [-0.2, 0) is 0 Å². The van der Waals surface area contributed by atoms with Crippen LogP contribution in [0, 0.1) is 0 Å². The van der Waals surface area contributed by atoms with Crippen molar-refractivity contribution >= 4 is 11.3 Å². The molecule has 0 bridgehead atoms. The smallest absolute Gasteiger partial charge is 0.273 e. The molecule has 0 atom stereocenters. The van der Waals surface area contributed by atoms with Crippen LogP contribution in [0.2, 0.25) is 0 Å². The van der Waals surface area contributed by atoms with Crippen molar-refractivity contribution < 1.29 is 14.2 Å². The zero-order valence-electron chi connectivity index (χ0n) is 9.89. The first-order valence-corrected chi connectivity index (χ1v) is 5.88. The molecular formula is C12H13NO3S. The van der Waals surface area contributed by atoms with Crippen LogP contribution in [0.25, 0.3) is 11.3 Å². The van der Waals surface area contributed by atoms with Crippen LogP contribution in [0.5, 0.6) is 16.7 Å². The molecule has 0 N–H and O–H groups in total. The summed E-state index contributed by atoms with van der Waals surface area (Å²) in [7, 11) is 4.84. The van der Waals surface area contributed by atoms with Gasteiger partial charge in [0.2, 0.25) is 0 Å². The number of aromatic nitrogens is 1. The first kappa shape index (κ1) is 11.7. The highest BCUT2D eigenvalue weighted by molar-refractivity contribution is 7.11. The minimum Gasteiger partial charge on any atom is -0.493 e. The number of nitrogens with zero attached hydrogens (tertiary/aromatic N) is 1. The summed E-state index contributed by atoms with van der Waals surface area (Å²) in [5, 5.41) is 2.59. The maximum Gasteiger partial charge on any atom is 0.273 e. The second-order valence-corrected chi connectivity index (χ2v) is 4.09. The Labute approximate surface area is 104 Å². The van der Waals surface area contributed by atoms with Gasteiger partial charge in [0.25, 0.3) is 5.19 Å². The fraction of sp³-hybridized carbons (Fsp3) is 0.250.